The smallest absolute Gasteiger partial charge is 0.256 e. The molecular formula is C27H25NO5. The van der Waals surface area contributed by atoms with E-state index in [0.717, 1.165) is 33.5 Å². The number of anilines is 1. The van der Waals surface area contributed by atoms with Gasteiger partial charge in [-0.05, 0) is 53.1 Å². The largest absolute Gasteiger partial charge is 0.496 e. The van der Waals surface area contributed by atoms with Crippen LogP contribution in [-0.4, -0.2) is 34.3 Å². The highest BCUT2D eigenvalue weighted by Crippen LogP contribution is 2.41. The van der Waals surface area contributed by atoms with Gasteiger partial charge in [-0.15, -0.1) is 0 Å². The first kappa shape index (κ1) is 22.0. The van der Waals surface area contributed by atoms with Gasteiger partial charge in [0.25, 0.3) is 5.91 Å². The van der Waals surface area contributed by atoms with Crippen LogP contribution in [0.3, 0.4) is 0 Å². The molecule has 0 aromatic heterocycles. The second-order valence-electron chi connectivity index (χ2n) is 7.41. The van der Waals surface area contributed by atoms with Crippen molar-refractivity contribution in [3.05, 3.63) is 83.4 Å². The molecule has 0 spiro atoms. The lowest BCUT2D eigenvalue weighted by molar-refractivity contribution is -0.110. The molecule has 0 saturated carbocycles. The standard InChI is InChI=1S/C27H25NO5/c1-16(18-14-24(31-3)26(33-5)25(15-18)32-4)17-10-11-23(30-2)19(12-17)13-21-20-8-6-7-9-22(20)28-27(21)29/h6-15H,1H2,2-5H3,(H,28,29)/b21-13+. The molecule has 33 heavy (non-hydrogen) atoms. The number of ether oxygens (including phenoxy) is 4. The maximum absolute atomic E-state index is 12.6. The molecule has 6 nitrogen and oxygen atoms in total. The van der Waals surface area contributed by atoms with E-state index in [1.54, 1.807) is 28.4 Å². The number of carbonyl (C=O) groups excluding carboxylic acids is 1. The number of hydrogen-bond donors (Lipinski definition) is 1. The van der Waals surface area contributed by atoms with Crippen LogP contribution in [0.1, 0.15) is 22.3 Å². The maximum Gasteiger partial charge on any atom is 0.256 e. The number of carbonyl (C=O) groups is 1. The van der Waals surface area contributed by atoms with Gasteiger partial charge in [-0.3, -0.25) is 4.79 Å². The van der Waals surface area contributed by atoms with E-state index in [2.05, 4.69) is 11.9 Å². The van der Waals surface area contributed by atoms with Crippen LogP contribution in [0.4, 0.5) is 5.69 Å². The SMILES string of the molecule is C=C(c1ccc(OC)c(/C=C2/C(=O)Nc3ccccc32)c1)c1cc(OC)c(OC)c(OC)c1. The van der Waals surface area contributed by atoms with Crippen molar-refractivity contribution in [2.45, 2.75) is 0 Å². The minimum absolute atomic E-state index is 0.146. The zero-order valence-electron chi connectivity index (χ0n) is 19.0. The van der Waals surface area contributed by atoms with Crippen molar-refractivity contribution < 1.29 is 23.7 Å². The molecule has 6 heteroatoms. The van der Waals surface area contributed by atoms with Crippen molar-refractivity contribution in [2.24, 2.45) is 0 Å². The van der Waals surface area contributed by atoms with Gasteiger partial charge in [0.15, 0.2) is 11.5 Å². The molecule has 0 saturated heterocycles. The summed E-state index contributed by atoms with van der Waals surface area (Å²) in [5.74, 6) is 2.11. The first-order chi connectivity index (χ1) is 16.0. The third kappa shape index (κ3) is 4.03. The van der Waals surface area contributed by atoms with Crippen LogP contribution >= 0.6 is 0 Å². The Kier molecular flexibility index (Phi) is 6.09. The lowest BCUT2D eigenvalue weighted by atomic mass is 9.95. The van der Waals surface area contributed by atoms with Crippen LogP contribution < -0.4 is 24.3 Å². The summed E-state index contributed by atoms with van der Waals surface area (Å²) in [6, 6.07) is 17.1. The molecule has 1 amide bonds. The van der Waals surface area contributed by atoms with Crippen LogP contribution in [0, 0.1) is 0 Å². The zero-order valence-corrected chi connectivity index (χ0v) is 19.0. The summed E-state index contributed by atoms with van der Waals surface area (Å²) in [7, 11) is 6.32. The van der Waals surface area contributed by atoms with Gasteiger partial charge in [0, 0.05) is 22.4 Å². The Bertz CT molecular complexity index is 1250. The first-order valence-electron chi connectivity index (χ1n) is 10.3. The Morgan fingerprint density at radius 3 is 2.12 bits per heavy atom. The van der Waals surface area contributed by atoms with Crippen molar-refractivity contribution in [3.8, 4) is 23.0 Å². The second-order valence-corrected chi connectivity index (χ2v) is 7.41. The monoisotopic (exact) mass is 443 g/mol. The Morgan fingerprint density at radius 1 is 0.818 bits per heavy atom. The van der Waals surface area contributed by atoms with Crippen molar-refractivity contribution in [1.82, 2.24) is 0 Å². The van der Waals surface area contributed by atoms with Gasteiger partial charge in [0.05, 0.1) is 28.4 Å². The summed E-state index contributed by atoms with van der Waals surface area (Å²) in [6.07, 6.45) is 1.84. The van der Waals surface area contributed by atoms with E-state index < -0.39 is 0 Å². The quantitative estimate of drug-likeness (QED) is 0.504. The molecule has 3 aromatic rings. The third-order valence-corrected chi connectivity index (χ3v) is 5.60. The minimum atomic E-state index is -0.146. The average molecular weight is 443 g/mol. The molecule has 0 bridgehead atoms. The molecule has 0 unspecified atom stereocenters. The highest BCUT2D eigenvalue weighted by atomic mass is 16.5. The molecule has 0 aliphatic carbocycles. The van der Waals surface area contributed by atoms with E-state index in [4.69, 9.17) is 18.9 Å². The number of para-hydroxylation sites is 1. The normalized spacial score (nSPS) is 13.3. The summed E-state index contributed by atoms with van der Waals surface area (Å²) < 4.78 is 21.9. The fourth-order valence-corrected chi connectivity index (χ4v) is 3.89. The second kappa shape index (κ2) is 9.12. The lowest BCUT2D eigenvalue weighted by Gasteiger charge is -2.16. The van der Waals surface area contributed by atoms with Crippen LogP contribution in [0.2, 0.25) is 0 Å². The van der Waals surface area contributed by atoms with Crippen LogP contribution in [-0.2, 0) is 4.79 Å². The topological polar surface area (TPSA) is 66.0 Å². The van der Waals surface area contributed by atoms with Crippen molar-refractivity contribution in [3.63, 3.8) is 0 Å². The Labute approximate surface area is 193 Å². The number of rotatable bonds is 7. The van der Waals surface area contributed by atoms with Gasteiger partial charge in [-0.25, -0.2) is 0 Å². The summed E-state index contributed by atoms with van der Waals surface area (Å²) in [5, 5.41) is 2.90. The minimum Gasteiger partial charge on any atom is -0.496 e. The summed E-state index contributed by atoms with van der Waals surface area (Å²) in [5.41, 5.74) is 5.45. The molecule has 1 N–H and O–H groups in total. The predicted octanol–water partition coefficient (Wildman–Crippen LogP) is 5.28. The summed E-state index contributed by atoms with van der Waals surface area (Å²) in [4.78, 5) is 12.6. The van der Waals surface area contributed by atoms with Gasteiger partial charge in [-0.1, -0.05) is 30.8 Å². The highest BCUT2D eigenvalue weighted by Gasteiger charge is 2.24. The van der Waals surface area contributed by atoms with E-state index >= 15 is 0 Å². The number of methoxy groups -OCH3 is 4. The number of amides is 1. The van der Waals surface area contributed by atoms with Gasteiger partial charge >= 0.3 is 0 Å². The Hall–Kier alpha value is -4.19. The fourth-order valence-electron chi connectivity index (χ4n) is 3.89. The lowest BCUT2D eigenvalue weighted by Crippen LogP contribution is -2.03. The summed E-state index contributed by atoms with van der Waals surface area (Å²) >= 11 is 0. The van der Waals surface area contributed by atoms with Gasteiger partial charge in [0.2, 0.25) is 5.75 Å². The molecular weight excluding hydrogens is 418 g/mol. The van der Waals surface area contributed by atoms with E-state index in [9.17, 15) is 4.79 Å². The molecule has 1 heterocycles. The number of hydrogen-bond acceptors (Lipinski definition) is 5. The molecule has 0 atom stereocenters. The third-order valence-electron chi connectivity index (χ3n) is 5.60. The van der Waals surface area contributed by atoms with Crippen LogP contribution in [0.25, 0.3) is 17.2 Å². The molecule has 1 aliphatic heterocycles. The predicted molar refractivity (Wildman–Crippen MR) is 130 cm³/mol. The number of benzene rings is 3. The van der Waals surface area contributed by atoms with Gasteiger partial charge in [-0.2, -0.15) is 0 Å². The Balaban J connectivity index is 1.78. The molecule has 3 aromatic carbocycles. The zero-order chi connectivity index (χ0) is 23.5. The van der Waals surface area contributed by atoms with Crippen LogP contribution in [0.15, 0.2) is 61.2 Å². The highest BCUT2D eigenvalue weighted by molar-refractivity contribution is 6.35. The molecule has 1 aliphatic rings. The van der Waals surface area contributed by atoms with E-state index in [-0.39, 0.29) is 5.91 Å². The van der Waals surface area contributed by atoms with Crippen LogP contribution in [0.5, 0.6) is 23.0 Å². The van der Waals surface area contributed by atoms with E-state index in [0.29, 0.717) is 28.6 Å². The molecule has 4 rings (SSSR count). The van der Waals surface area contributed by atoms with Crippen molar-refractivity contribution in [2.75, 3.05) is 33.8 Å². The number of nitrogens with one attached hydrogen (secondary N) is 1. The summed E-state index contributed by atoms with van der Waals surface area (Å²) in [6.45, 7) is 4.29. The van der Waals surface area contributed by atoms with Gasteiger partial charge in [0.1, 0.15) is 5.75 Å². The average Bonchev–Trinajstić information content (AvgIpc) is 3.17. The first-order valence-corrected chi connectivity index (χ1v) is 10.3. The molecule has 0 fully saturated rings. The van der Waals surface area contributed by atoms with Crippen molar-refractivity contribution >= 4 is 28.8 Å². The Morgan fingerprint density at radius 2 is 1.48 bits per heavy atom. The number of fused-ring (bicyclic) bond motifs is 1. The fraction of sp³-hybridized carbons (Fsp3) is 0.148. The van der Waals surface area contributed by atoms with Crippen molar-refractivity contribution in [1.29, 1.82) is 0 Å². The van der Waals surface area contributed by atoms with E-state index in [1.165, 1.54) is 0 Å². The maximum atomic E-state index is 12.6. The molecule has 168 valence electrons. The van der Waals surface area contributed by atoms with E-state index in [1.807, 2.05) is 60.7 Å². The molecule has 0 radical (unpaired) electrons. The van der Waals surface area contributed by atoms with Gasteiger partial charge < -0.3 is 24.3 Å².